The molecule has 1 aromatic carbocycles. The maximum absolute atomic E-state index is 10.8. The summed E-state index contributed by atoms with van der Waals surface area (Å²) in [4.78, 5) is 23.0. The molecule has 96 valence electrons. The minimum absolute atomic E-state index is 0.124. The van der Waals surface area contributed by atoms with E-state index in [2.05, 4.69) is 0 Å². The van der Waals surface area contributed by atoms with E-state index in [1.807, 2.05) is 4.90 Å². The molecule has 0 radical (unpaired) electrons. The summed E-state index contributed by atoms with van der Waals surface area (Å²) in [6.07, 6.45) is 0.174. The van der Waals surface area contributed by atoms with Crippen molar-refractivity contribution in [1.82, 2.24) is 4.90 Å². The van der Waals surface area contributed by atoms with Crippen LogP contribution in [0.2, 0.25) is 0 Å². The van der Waals surface area contributed by atoms with Crippen molar-refractivity contribution >= 4 is 11.7 Å². The molecular weight excluding hydrogens is 236 g/mol. The smallest absolute Gasteiger partial charge is 0.303 e. The predicted molar refractivity (Wildman–Crippen MR) is 64.1 cm³/mol. The molecular formula is C12H14N2O4. The molecule has 6 heteroatoms. The maximum Gasteiger partial charge on any atom is 0.303 e. The molecule has 2 rings (SSSR count). The zero-order valence-corrected chi connectivity index (χ0v) is 9.78. The highest BCUT2D eigenvalue weighted by atomic mass is 16.6. The number of aliphatic carboxylic acids is 1. The number of carboxylic acids is 1. The second-order valence-corrected chi connectivity index (χ2v) is 4.54. The van der Waals surface area contributed by atoms with Crippen LogP contribution in [0.25, 0.3) is 0 Å². The SMILES string of the molecule is O=C(O)CC1CN(Cc2ccccc2[N+](=O)[O-])C1. The number of nitrogens with zero attached hydrogens (tertiary/aromatic N) is 2. The van der Waals surface area contributed by atoms with Gasteiger partial charge in [-0.05, 0) is 5.92 Å². The molecule has 1 saturated heterocycles. The number of likely N-dealkylation sites (tertiary alicyclic amines) is 1. The van der Waals surface area contributed by atoms with E-state index in [4.69, 9.17) is 5.11 Å². The van der Waals surface area contributed by atoms with E-state index >= 15 is 0 Å². The minimum atomic E-state index is -0.787. The van der Waals surface area contributed by atoms with Gasteiger partial charge in [0, 0.05) is 31.3 Å². The first kappa shape index (κ1) is 12.5. The number of carbonyl (C=O) groups is 1. The Balaban J connectivity index is 1.92. The molecule has 18 heavy (non-hydrogen) atoms. The van der Waals surface area contributed by atoms with Crippen LogP contribution < -0.4 is 0 Å². The van der Waals surface area contributed by atoms with Crippen LogP contribution in [0.4, 0.5) is 5.69 Å². The zero-order valence-electron chi connectivity index (χ0n) is 9.78. The van der Waals surface area contributed by atoms with E-state index in [-0.39, 0.29) is 22.9 Å². The number of carboxylic acid groups (broad SMARTS) is 1. The summed E-state index contributed by atoms with van der Waals surface area (Å²) in [6.45, 7) is 1.89. The Bertz CT molecular complexity index is 469. The maximum atomic E-state index is 10.8. The molecule has 1 N–H and O–H groups in total. The van der Waals surface area contributed by atoms with E-state index in [0.29, 0.717) is 25.2 Å². The first-order valence-electron chi connectivity index (χ1n) is 5.72. The van der Waals surface area contributed by atoms with E-state index < -0.39 is 5.97 Å². The number of benzene rings is 1. The van der Waals surface area contributed by atoms with Crippen LogP contribution in [0.3, 0.4) is 0 Å². The van der Waals surface area contributed by atoms with Crippen molar-refractivity contribution < 1.29 is 14.8 Å². The third-order valence-electron chi connectivity index (χ3n) is 3.08. The topological polar surface area (TPSA) is 83.7 Å². The van der Waals surface area contributed by atoms with Crippen molar-refractivity contribution in [3.63, 3.8) is 0 Å². The van der Waals surface area contributed by atoms with Gasteiger partial charge in [-0.25, -0.2) is 0 Å². The second-order valence-electron chi connectivity index (χ2n) is 4.54. The number of nitro groups is 1. The average molecular weight is 250 g/mol. The summed E-state index contributed by atoms with van der Waals surface area (Å²) < 4.78 is 0. The lowest BCUT2D eigenvalue weighted by Crippen LogP contribution is -2.46. The molecule has 1 fully saturated rings. The lowest BCUT2D eigenvalue weighted by atomic mass is 9.95. The van der Waals surface area contributed by atoms with Crippen molar-refractivity contribution in [1.29, 1.82) is 0 Å². The molecule has 0 spiro atoms. The molecule has 1 aliphatic heterocycles. The fraction of sp³-hybridized carbons (Fsp3) is 0.417. The molecule has 0 aliphatic carbocycles. The molecule has 0 amide bonds. The number of hydrogen-bond donors (Lipinski definition) is 1. The van der Waals surface area contributed by atoms with Gasteiger partial charge in [0.25, 0.3) is 5.69 Å². The van der Waals surface area contributed by atoms with Crippen molar-refractivity contribution in [2.75, 3.05) is 13.1 Å². The summed E-state index contributed by atoms with van der Waals surface area (Å²) in [5.41, 5.74) is 0.801. The van der Waals surface area contributed by atoms with Crippen LogP contribution in [-0.2, 0) is 11.3 Å². The Morgan fingerprint density at radius 1 is 1.44 bits per heavy atom. The van der Waals surface area contributed by atoms with Crippen LogP contribution in [0, 0.1) is 16.0 Å². The van der Waals surface area contributed by atoms with E-state index in [9.17, 15) is 14.9 Å². The molecule has 1 aliphatic rings. The van der Waals surface area contributed by atoms with E-state index in [0.717, 1.165) is 0 Å². The Morgan fingerprint density at radius 2 is 2.11 bits per heavy atom. The number of para-hydroxylation sites is 1. The monoisotopic (exact) mass is 250 g/mol. The fourth-order valence-electron chi connectivity index (χ4n) is 2.25. The summed E-state index contributed by atoms with van der Waals surface area (Å²) in [5, 5.41) is 19.5. The van der Waals surface area contributed by atoms with Crippen molar-refractivity contribution in [2.24, 2.45) is 5.92 Å². The molecule has 0 bridgehead atoms. The molecule has 0 unspecified atom stereocenters. The predicted octanol–water partition coefficient (Wildman–Crippen LogP) is 1.50. The number of nitro benzene ring substituents is 1. The number of hydrogen-bond acceptors (Lipinski definition) is 4. The molecule has 0 aromatic heterocycles. The quantitative estimate of drug-likeness (QED) is 0.632. The lowest BCUT2D eigenvalue weighted by Gasteiger charge is -2.38. The van der Waals surface area contributed by atoms with Gasteiger partial charge in [-0.3, -0.25) is 19.8 Å². The van der Waals surface area contributed by atoms with Gasteiger partial charge >= 0.3 is 5.97 Å². The zero-order chi connectivity index (χ0) is 13.1. The highest BCUT2D eigenvalue weighted by Gasteiger charge is 2.29. The third kappa shape index (κ3) is 2.84. The normalized spacial score (nSPS) is 16.2. The standard InChI is InChI=1S/C12H14N2O4/c15-12(16)5-9-6-13(7-9)8-10-3-1-2-4-11(10)14(17)18/h1-4,9H,5-8H2,(H,15,16). The summed E-state index contributed by atoms with van der Waals surface area (Å²) in [5.74, 6) is -0.615. The van der Waals surface area contributed by atoms with Crippen LogP contribution in [0.15, 0.2) is 24.3 Å². The fourth-order valence-corrected chi connectivity index (χ4v) is 2.25. The molecule has 1 aromatic rings. The van der Waals surface area contributed by atoms with Crippen molar-refractivity contribution in [2.45, 2.75) is 13.0 Å². The summed E-state index contributed by atoms with van der Waals surface area (Å²) in [7, 11) is 0. The van der Waals surface area contributed by atoms with E-state index in [1.54, 1.807) is 18.2 Å². The van der Waals surface area contributed by atoms with Gasteiger partial charge in [0.1, 0.15) is 0 Å². The largest absolute Gasteiger partial charge is 0.481 e. The van der Waals surface area contributed by atoms with Gasteiger partial charge in [-0.2, -0.15) is 0 Å². The first-order valence-corrected chi connectivity index (χ1v) is 5.72. The van der Waals surface area contributed by atoms with Gasteiger partial charge in [0.2, 0.25) is 0 Å². The van der Waals surface area contributed by atoms with Gasteiger partial charge in [0.05, 0.1) is 11.3 Å². The van der Waals surface area contributed by atoms with Crippen molar-refractivity contribution in [3.8, 4) is 0 Å². The highest BCUT2D eigenvalue weighted by Crippen LogP contribution is 2.25. The first-order chi connectivity index (χ1) is 8.56. The number of rotatable bonds is 5. The second kappa shape index (κ2) is 5.14. The molecule has 0 atom stereocenters. The molecule has 1 heterocycles. The minimum Gasteiger partial charge on any atom is -0.481 e. The van der Waals surface area contributed by atoms with Crippen LogP contribution in [0.1, 0.15) is 12.0 Å². The van der Waals surface area contributed by atoms with Crippen LogP contribution in [0.5, 0.6) is 0 Å². The van der Waals surface area contributed by atoms with Gasteiger partial charge in [-0.1, -0.05) is 18.2 Å². The summed E-state index contributed by atoms with van der Waals surface area (Å²) >= 11 is 0. The summed E-state index contributed by atoms with van der Waals surface area (Å²) in [6, 6.07) is 6.65. The van der Waals surface area contributed by atoms with Crippen molar-refractivity contribution in [3.05, 3.63) is 39.9 Å². The van der Waals surface area contributed by atoms with Gasteiger partial charge in [0.15, 0.2) is 0 Å². The third-order valence-corrected chi connectivity index (χ3v) is 3.08. The van der Waals surface area contributed by atoms with E-state index in [1.165, 1.54) is 6.07 Å². The lowest BCUT2D eigenvalue weighted by molar-refractivity contribution is -0.385. The average Bonchev–Trinajstić information content (AvgIpc) is 2.26. The Kier molecular flexibility index (Phi) is 3.57. The van der Waals surface area contributed by atoms with Gasteiger partial charge < -0.3 is 5.11 Å². The Hall–Kier alpha value is -1.95. The van der Waals surface area contributed by atoms with Crippen LogP contribution in [-0.4, -0.2) is 34.0 Å². The van der Waals surface area contributed by atoms with Gasteiger partial charge in [-0.15, -0.1) is 0 Å². The Labute approximate surface area is 104 Å². The highest BCUT2D eigenvalue weighted by molar-refractivity contribution is 5.67. The molecule has 0 saturated carbocycles. The Morgan fingerprint density at radius 3 is 2.72 bits per heavy atom. The molecule has 6 nitrogen and oxygen atoms in total. The van der Waals surface area contributed by atoms with Crippen LogP contribution >= 0.6 is 0 Å².